The quantitative estimate of drug-likeness (QED) is 0.451. The number of piperidine rings is 2. The lowest BCUT2D eigenvalue weighted by atomic mass is 9.64. The van der Waals surface area contributed by atoms with Crippen LogP contribution < -0.4 is 0 Å². The number of fused-ring (bicyclic) bond motifs is 3. The molecule has 1 saturated carbocycles. The zero-order chi connectivity index (χ0) is 22.1. The smallest absolute Gasteiger partial charge is 0.129 e. The monoisotopic (exact) mass is 435 g/mol. The molecular formula is C24H45N5O2. The van der Waals surface area contributed by atoms with Gasteiger partial charge in [-0.15, -0.1) is 0 Å². The van der Waals surface area contributed by atoms with Gasteiger partial charge >= 0.3 is 0 Å². The lowest BCUT2D eigenvalue weighted by Gasteiger charge is -2.62. The molecule has 0 unspecified atom stereocenters. The third-order valence-electron chi connectivity index (χ3n) is 7.80. The molecule has 4 aliphatic heterocycles. The van der Waals surface area contributed by atoms with E-state index in [4.69, 9.17) is 14.7 Å². The summed E-state index contributed by atoms with van der Waals surface area (Å²) in [5, 5.41) is 12.8. The van der Waals surface area contributed by atoms with E-state index in [9.17, 15) is 0 Å². The lowest BCUT2D eigenvalue weighted by Crippen LogP contribution is -2.74. The summed E-state index contributed by atoms with van der Waals surface area (Å²) in [5.41, 5.74) is 0.590. The van der Waals surface area contributed by atoms with Crippen molar-refractivity contribution in [3.05, 3.63) is 0 Å². The molecule has 7 heteroatoms. The molecular weight excluding hydrogens is 390 g/mol. The first-order valence-electron chi connectivity index (χ1n) is 12.7. The normalized spacial score (nSPS) is 35.9. The number of oxime groups is 1. The predicted octanol–water partition coefficient (Wildman–Crippen LogP) is 3.37. The van der Waals surface area contributed by atoms with Gasteiger partial charge in [0.1, 0.15) is 17.9 Å². The molecule has 2 bridgehead atoms. The fraction of sp³-hybridized carbons (Fsp3) is 0.958. The molecule has 4 saturated heterocycles. The fourth-order valence-electron chi connectivity index (χ4n) is 6.16. The van der Waals surface area contributed by atoms with E-state index in [0.29, 0.717) is 12.5 Å². The van der Waals surface area contributed by atoms with Gasteiger partial charge in [-0.05, 0) is 73.4 Å². The summed E-state index contributed by atoms with van der Waals surface area (Å²) >= 11 is 0. The minimum absolute atomic E-state index is 0.163. The third-order valence-corrected chi connectivity index (χ3v) is 7.80. The Morgan fingerprint density at radius 1 is 0.968 bits per heavy atom. The summed E-state index contributed by atoms with van der Waals surface area (Å²) in [4.78, 5) is 8.07. The second-order valence-electron chi connectivity index (χ2n) is 11.0. The molecule has 3 atom stereocenters. The lowest BCUT2D eigenvalue weighted by molar-refractivity contribution is -0.267. The molecule has 0 aromatic carbocycles. The van der Waals surface area contributed by atoms with Crippen molar-refractivity contribution in [1.82, 2.24) is 20.0 Å². The number of hydrazine groups is 2. The van der Waals surface area contributed by atoms with Crippen molar-refractivity contribution in [2.24, 2.45) is 11.1 Å². The topological polar surface area (TPSA) is 43.8 Å². The van der Waals surface area contributed by atoms with Gasteiger partial charge in [-0.1, -0.05) is 18.0 Å². The Labute approximate surface area is 189 Å². The van der Waals surface area contributed by atoms with Crippen LogP contribution in [0.1, 0.15) is 72.1 Å². The highest BCUT2D eigenvalue weighted by Crippen LogP contribution is 2.50. The molecule has 31 heavy (non-hydrogen) atoms. The molecule has 5 fully saturated rings. The standard InChI is InChI=1S/C24H45N5O2/c1-23(2)20-12-13-24(3,31-23)22(25-30-19-18-26(4)5)21(20)29(27-14-8-6-9-15-27)28-16-10-7-11-17-28/h20-21H,6-19H2,1-5H3/b25-22-/t20-,21-,24+/m1/s1. The van der Waals surface area contributed by atoms with E-state index < -0.39 is 0 Å². The highest BCUT2D eigenvalue weighted by molar-refractivity contribution is 5.98. The predicted molar refractivity (Wildman–Crippen MR) is 125 cm³/mol. The van der Waals surface area contributed by atoms with Crippen LogP contribution in [0.25, 0.3) is 0 Å². The Hall–Kier alpha value is -0.730. The van der Waals surface area contributed by atoms with Gasteiger partial charge in [0.05, 0.1) is 11.6 Å². The maximum atomic E-state index is 6.72. The average Bonchev–Trinajstić information content (AvgIpc) is 2.73. The summed E-state index contributed by atoms with van der Waals surface area (Å²) < 4.78 is 6.72. The molecule has 0 amide bonds. The Morgan fingerprint density at radius 2 is 1.55 bits per heavy atom. The van der Waals surface area contributed by atoms with Crippen LogP contribution in [0.4, 0.5) is 0 Å². The second-order valence-corrected chi connectivity index (χ2v) is 11.0. The number of likely N-dealkylation sites (N-methyl/N-ethyl adjacent to an activating group) is 1. The number of nitrogens with zero attached hydrogens (tertiary/aromatic N) is 5. The third kappa shape index (κ3) is 4.96. The van der Waals surface area contributed by atoms with E-state index in [1.54, 1.807) is 0 Å². The van der Waals surface area contributed by atoms with E-state index in [1.807, 2.05) is 0 Å². The SMILES string of the molecule is CN(C)CCO/N=C1/[C@H](N(N2CCCCC2)N2CCCCC2)[C@H]2CC[C@]1(C)OC2(C)C. The van der Waals surface area contributed by atoms with Gasteiger partial charge in [0, 0.05) is 38.6 Å². The van der Waals surface area contributed by atoms with E-state index in [-0.39, 0.29) is 17.2 Å². The minimum Gasteiger partial charge on any atom is -0.394 e. The van der Waals surface area contributed by atoms with Gasteiger partial charge in [0.2, 0.25) is 0 Å². The molecule has 7 nitrogen and oxygen atoms in total. The van der Waals surface area contributed by atoms with Crippen molar-refractivity contribution >= 4 is 5.71 Å². The molecule has 5 rings (SSSR count). The number of ether oxygens (including phenoxy) is 1. The second kappa shape index (κ2) is 9.64. The minimum atomic E-state index is -0.356. The maximum absolute atomic E-state index is 6.72. The van der Waals surface area contributed by atoms with Crippen LogP contribution in [0.15, 0.2) is 5.16 Å². The maximum Gasteiger partial charge on any atom is 0.129 e. The van der Waals surface area contributed by atoms with Crippen molar-refractivity contribution in [2.45, 2.75) is 89.4 Å². The van der Waals surface area contributed by atoms with Gasteiger partial charge in [-0.2, -0.15) is 5.12 Å². The van der Waals surface area contributed by atoms with Crippen molar-refractivity contribution in [1.29, 1.82) is 0 Å². The van der Waals surface area contributed by atoms with Crippen LogP contribution in [-0.4, -0.2) is 96.4 Å². The van der Waals surface area contributed by atoms with Crippen LogP contribution in [0, 0.1) is 5.92 Å². The van der Waals surface area contributed by atoms with Crippen molar-refractivity contribution in [3.63, 3.8) is 0 Å². The van der Waals surface area contributed by atoms with E-state index in [1.165, 1.54) is 44.9 Å². The Morgan fingerprint density at radius 3 is 2.06 bits per heavy atom. The first-order valence-corrected chi connectivity index (χ1v) is 12.7. The van der Waals surface area contributed by atoms with Crippen molar-refractivity contribution in [2.75, 3.05) is 53.4 Å². The number of rotatable bonds is 7. The summed E-state index contributed by atoms with van der Waals surface area (Å²) in [6.07, 6.45) is 10.0. The van der Waals surface area contributed by atoms with Gasteiger partial charge in [0.15, 0.2) is 0 Å². The van der Waals surface area contributed by atoms with Crippen LogP contribution in [0.2, 0.25) is 0 Å². The molecule has 178 valence electrons. The largest absolute Gasteiger partial charge is 0.394 e. The molecule has 0 radical (unpaired) electrons. The highest BCUT2D eigenvalue weighted by Gasteiger charge is 2.61. The molecule has 0 spiro atoms. The molecule has 5 aliphatic rings. The summed E-state index contributed by atoms with van der Waals surface area (Å²) in [6.45, 7) is 12.9. The summed E-state index contributed by atoms with van der Waals surface area (Å²) in [7, 11) is 4.15. The molecule has 0 aromatic heterocycles. The molecule has 1 aliphatic carbocycles. The van der Waals surface area contributed by atoms with Crippen molar-refractivity contribution < 1.29 is 9.57 Å². The molecule has 4 heterocycles. The summed E-state index contributed by atoms with van der Waals surface area (Å²) in [6, 6.07) is 0.220. The number of hydrogen-bond acceptors (Lipinski definition) is 7. The Balaban J connectivity index is 1.68. The average molecular weight is 436 g/mol. The molecule has 0 aromatic rings. The zero-order valence-electron chi connectivity index (χ0n) is 20.6. The van der Waals surface area contributed by atoms with E-state index in [0.717, 1.165) is 44.9 Å². The highest BCUT2D eigenvalue weighted by atomic mass is 16.6. The van der Waals surface area contributed by atoms with Gasteiger partial charge < -0.3 is 14.5 Å². The fourth-order valence-corrected chi connectivity index (χ4v) is 6.16. The Kier molecular flexibility index (Phi) is 7.28. The van der Waals surface area contributed by atoms with Crippen LogP contribution in [-0.2, 0) is 9.57 Å². The Bertz CT molecular complexity index is 609. The van der Waals surface area contributed by atoms with E-state index in [2.05, 4.69) is 54.9 Å². The first-order chi connectivity index (χ1) is 14.8. The van der Waals surface area contributed by atoms with Crippen LogP contribution >= 0.6 is 0 Å². The summed E-state index contributed by atoms with van der Waals surface area (Å²) in [5.74, 6) is 0.411. The van der Waals surface area contributed by atoms with Gasteiger partial charge in [0.25, 0.3) is 0 Å². The van der Waals surface area contributed by atoms with Crippen LogP contribution in [0.5, 0.6) is 0 Å². The first kappa shape index (κ1) is 23.4. The number of hydrogen-bond donors (Lipinski definition) is 0. The zero-order valence-corrected chi connectivity index (χ0v) is 20.6. The van der Waals surface area contributed by atoms with E-state index >= 15 is 0 Å². The van der Waals surface area contributed by atoms with Crippen LogP contribution in [0.3, 0.4) is 0 Å². The van der Waals surface area contributed by atoms with Gasteiger partial charge in [-0.25, -0.2) is 10.0 Å². The molecule has 0 N–H and O–H groups in total. The van der Waals surface area contributed by atoms with Gasteiger partial charge in [-0.3, -0.25) is 0 Å². The van der Waals surface area contributed by atoms with Crippen molar-refractivity contribution in [3.8, 4) is 0 Å².